The number of primary amides is 1. The Kier molecular flexibility index (Phi) is 4.42. The van der Waals surface area contributed by atoms with Crippen LogP contribution in [-0.4, -0.2) is 47.5 Å². The number of aliphatic carboxylic acids is 1. The fraction of sp³-hybridized carbons (Fsp3) is 0.357. The molecule has 0 atom stereocenters. The lowest BCUT2D eigenvalue weighted by Crippen LogP contribution is -2.52. The van der Waals surface area contributed by atoms with E-state index < -0.39 is 11.9 Å². The minimum atomic E-state index is -0.862. The molecule has 3 N–H and O–H groups in total. The van der Waals surface area contributed by atoms with Crippen LogP contribution in [0.4, 0.5) is 0 Å². The summed E-state index contributed by atoms with van der Waals surface area (Å²) in [6.45, 7) is 0.641. The van der Waals surface area contributed by atoms with E-state index in [0.717, 1.165) is 0 Å². The fourth-order valence-electron chi connectivity index (χ4n) is 2.18. The lowest BCUT2D eigenvalue weighted by atomic mass is 9.96. The molecule has 2 rings (SSSR count). The normalized spacial score (nSPS) is 14.4. The quantitative estimate of drug-likeness (QED) is 0.772. The number of rotatable bonds is 6. The maximum Gasteiger partial charge on any atom is 0.303 e. The molecule has 0 radical (unpaired) electrons. The van der Waals surface area contributed by atoms with Crippen LogP contribution in [0.1, 0.15) is 16.8 Å². The molecule has 1 aromatic carbocycles. The molecule has 1 aromatic rings. The fourth-order valence-corrected chi connectivity index (χ4v) is 2.18. The third-order valence-corrected chi connectivity index (χ3v) is 3.28. The average molecular weight is 292 g/mol. The molecule has 1 heterocycles. The largest absolute Gasteiger partial charge is 0.483 e. The summed E-state index contributed by atoms with van der Waals surface area (Å²) in [7, 11) is 0. The second-order valence-corrected chi connectivity index (χ2v) is 4.91. The van der Waals surface area contributed by atoms with Gasteiger partial charge in [-0.1, -0.05) is 12.1 Å². The van der Waals surface area contributed by atoms with Crippen molar-refractivity contribution >= 4 is 17.8 Å². The molecule has 0 bridgehead atoms. The van der Waals surface area contributed by atoms with Crippen molar-refractivity contribution in [2.75, 3.05) is 19.7 Å². The van der Waals surface area contributed by atoms with Crippen LogP contribution in [0.25, 0.3) is 0 Å². The minimum Gasteiger partial charge on any atom is -0.483 e. The SMILES string of the molecule is NC(=O)c1ccccc1OCC(=O)N1CC(CC(=O)O)C1. The average Bonchev–Trinajstić information content (AvgIpc) is 2.39. The first kappa shape index (κ1) is 14.8. The first-order chi connectivity index (χ1) is 9.97. The Hall–Kier alpha value is -2.57. The third-order valence-electron chi connectivity index (χ3n) is 3.28. The zero-order valence-electron chi connectivity index (χ0n) is 11.3. The van der Waals surface area contributed by atoms with Crippen molar-refractivity contribution in [1.82, 2.24) is 4.90 Å². The van der Waals surface area contributed by atoms with Gasteiger partial charge in [-0.05, 0) is 12.1 Å². The predicted octanol–water partition coefficient (Wildman–Crippen LogP) is 0.0974. The van der Waals surface area contributed by atoms with Gasteiger partial charge in [0.2, 0.25) is 0 Å². The Balaban J connectivity index is 1.83. The number of para-hydroxylation sites is 1. The highest BCUT2D eigenvalue weighted by Crippen LogP contribution is 2.20. The summed E-state index contributed by atoms with van der Waals surface area (Å²) in [4.78, 5) is 35.1. The van der Waals surface area contributed by atoms with Gasteiger partial charge in [0.25, 0.3) is 11.8 Å². The molecule has 2 amide bonds. The molecular formula is C14H16N2O5. The lowest BCUT2D eigenvalue weighted by Gasteiger charge is -2.38. The topological polar surface area (TPSA) is 110 Å². The summed E-state index contributed by atoms with van der Waals surface area (Å²) in [5.41, 5.74) is 5.43. The summed E-state index contributed by atoms with van der Waals surface area (Å²) in [6, 6.07) is 6.42. The number of amides is 2. The summed E-state index contributed by atoms with van der Waals surface area (Å²) in [5, 5.41) is 8.64. The second kappa shape index (κ2) is 6.25. The monoisotopic (exact) mass is 292 g/mol. The Morgan fingerprint density at radius 1 is 1.29 bits per heavy atom. The van der Waals surface area contributed by atoms with Gasteiger partial charge in [0, 0.05) is 19.0 Å². The van der Waals surface area contributed by atoms with E-state index in [1.807, 2.05) is 0 Å². The molecule has 1 saturated heterocycles. The van der Waals surface area contributed by atoms with E-state index in [2.05, 4.69) is 0 Å². The number of likely N-dealkylation sites (tertiary alicyclic amines) is 1. The highest BCUT2D eigenvalue weighted by molar-refractivity contribution is 5.95. The van der Waals surface area contributed by atoms with E-state index in [0.29, 0.717) is 13.1 Å². The van der Waals surface area contributed by atoms with E-state index in [1.165, 1.54) is 11.0 Å². The van der Waals surface area contributed by atoms with Crippen molar-refractivity contribution in [3.8, 4) is 5.75 Å². The summed E-state index contributed by atoms with van der Waals surface area (Å²) < 4.78 is 5.33. The van der Waals surface area contributed by atoms with Crippen LogP contribution in [0.3, 0.4) is 0 Å². The molecule has 112 valence electrons. The van der Waals surface area contributed by atoms with Crippen LogP contribution in [0, 0.1) is 5.92 Å². The lowest BCUT2D eigenvalue weighted by molar-refractivity contribution is -0.146. The number of ether oxygens (including phenoxy) is 1. The van der Waals surface area contributed by atoms with E-state index in [9.17, 15) is 14.4 Å². The Bertz CT molecular complexity index is 566. The molecule has 0 spiro atoms. The first-order valence-electron chi connectivity index (χ1n) is 6.48. The molecule has 1 aliphatic rings. The molecule has 0 unspecified atom stereocenters. The summed E-state index contributed by atoms with van der Waals surface area (Å²) in [6.07, 6.45) is 0.0646. The van der Waals surface area contributed by atoms with Crippen molar-refractivity contribution in [2.45, 2.75) is 6.42 Å². The Morgan fingerprint density at radius 2 is 1.95 bits per heavy atom. The number of hydrogen-bond acceptors (Lipinski definition) is 4. The van der Waals surface area contributed by atoms with Crippen LogP contribution in [0.2, 0.25) is 0 Å². The van der Waals surface area contributed by atoms with E-state index >= 15 is 0 Å². The summed E-state index contributed by atoms with van der Waals surface area (Å²) in [5.74, 6) is -1.46. The van der Waals surface area contributed by atoms with E-state index in [-0.39, 0.29) is 36.2 Å². The van der Waals surface area contributed by atoms with Crippen LogP contribution in [0.5, 0.6) is 5.75 Å². The standard InChI is InChI=1S/C14H16N2O5/c15-14(20)10-3-1-2-4-11(10)21-8-12(17)16-6-9(7-16)5-13(18)19/h1-4,9H,5-8H2,(H2,15,20)(H,18,19). The Morgan fingerprint density at radius 3 is 2.57 bits per heavy atom. The van der Waals surface area contributed by atoms with Gasteiger partial charge in [-0.15, -0.1) is 0 Å². The molecule has 21 heavy (non-hydrogen) atoms. The number of nitrogens with two attached hydrogens (primary N) is 1. The highest BCUT2D eigenvalue weighted by atomic mass is 16.5. The number of carbonyl (C=O) groups is 3. The molecule has 1 aliphatic heterocycles. The van der Waals surface area contributed by atoms with Crippen LogP contribution in [0.15, 0.2) is 24.3 Å². The third kappa shape index (κ3) is 3.71. The van der Waals surface area contributed by atoms with Gasteiger partial charge in [-0.2, -0.15) is 0 Å². The number of nitrogens with zero attached hydrogens (tertiary/aromatic N) is 1. The van der Waals surface area contributed by atoms with Gasteiger partial charge in [0.05, 0.1) is 12.0 Å². The minimum absolute atomic E-state index is 0.00403. The van der Waals surface area contributed by atoms with Gasteiger partial charge in [-0.3, -0.25) is 14.4 Å². The maximum absolute atomic E-state index is 11.8. The van der Waals surface area contributed by atoms with Crippen LogP contribution in [-0.2, 0) is 9.59 Å². The second-order valence-electron chi connectivity index (χ2n) is 4.91. The molecule has 1 fully saturated rings. The molecule has 7 heteroatoms. The zero-order chi connectivity index (χ0) is 15.4. The van der Waals surface area contributed by atoms with Crippen LogP contribution >= 0.6 is 0 Å². The number of carboxylic acids is 1. The number of hydrogen-bond donors (Lipinski definition) is 2. The molecule has 0 aliphatic carbocycles. The molecule has 7 nitrogen and oxygen atoms in total. The summed E-state index contributed by atoms with van der Waals surface area (Å²) >= 11 is 0. The zero-order valence-corrected chi connectivity index (χ0v) is 11.3. The molecule has 0 saturated carbocycles. The van der Waals surface area contributed by atoms with Gasteiger partial charge in [-0.25, -0.2) is 0 Å². The molecule has 0 aromatic heterocycles. The number of carbonyl (C=O) groups excluding carboxylic acids is 2. The molecular weight excluding hydrogens is 276 g/mol. The van der Waals surface area contributed by atoms with Crippen molar-refractivity contribution in [1.29, 1.82) is 0 Å². The first-order valence-corrected chi connectivity index (χ1v) is 6.48. The van der Waals surface area contributed by atoms with Crippen LogP contribution < -0.4 is 10.5 Å². The number of carboxylic acid groups (broad SMARTS) is 1. The van der Waals surface area contributed by atoms with E-state index in [1.54, 1.807) is 18.2 Å². The maximum atomic E-state index is 11.8. The Labute approximate surface area is 121 Å². The van der Waals surface area contributed by atoms with Crippen molar-refractivity contribution in [3.05, 3.63) is 29.8 Å². The van der Waals surface area contributed by atoms with Gasteiger partial charge >= 0.3 is 5.97 Å². The van der Waals surface area contributed by atoms with E-state index in [4.69, 9.17) is 15.6 Å². The van der Waals surface area contributed by atoms with Gasteiger partial charge < -0.3 is 20.5 Å². The van der Waals surface area contributed by atoms with Crippen molar-refractivity contribution in [3.63, 3.8) is 0 Å². The predicted molar refractivity (Wildman–Crippen MR) is 72.8 cm³/mol. The number of benzene rings is 1. The van der Waals surface area contributed by atoms with Gasteiger partial charge in [0.15, 0.2) is 6.61 Å². The highest BCUT2D eigenvalue weighted by Gasteiger charge is 2.32. The smallest absolute Gasteiger partial charge is 0.303 e. The van der Waals surface area contributed by atoms with Gasteiger partial charge in [0.1, 0.15) is 5.75 Å². The van der Waals surface area contributed by atoms with Crippen molar-refractivity contribution < 1.29 is 24.2 Å². The van der Waals surface area contributed by atoms with Crippen molar-refractivity contribution in [2.24, 2.45) is 11.7 Å².